The Kier molecular flexibility index (Phi) is 4.11. The van der Waals surface area contributed by atoms with E-state index >= 15 is 0 Å². The molecule has 0 bridgehead atoms. The van der Waals surface area contributed by atoms with E-state index in [1.165, 1.54) is 12.1 Å². The fraction of sp³-hybridized carbons (Fsp3) is 0.231. The van der Waals surface area contributed by atoms with E-state index in [2.05, 4.69) is 31.3 Å². The molecule has 0 saturated carbocycles. The molecule has 0 radical (unpaired) electrons. The zero-order valence-corrected chi connectivity index (χ0v) is 12.3. The van der Waals surface area contributed by atoms with E-state index in [4.69, 9.17) is 5.84 Å². The smallest absolute Gasteiger partial charge is 0.163 e. The second-order valence-corrected chi connectivity index (χ2v) is 4.94. The standard InChI is InChI=1S/C13H14BrFN4/c1-3-11-7(2)12(19-16)18-13(17-11)9-6-8(15)4-5-10(9)14/h4-6H,3,16H2,1-2H3,(H,17,18,19). The van der Waals surface area contributed by atoms with Gasteiger partial charge >= 0.3 is 0 Å². The van der Waals surface area contributed by atoms with Gasteiger partial charge < -0.3 is 5.43 Å². The molecule has 1 aromatic heterocycles. The van der Waals surface area contributed by atoms with Crippen LogP contribution in [0.25, 0.3) is 11.4 Å². The molecule has 6 heteroatoms. The Morgan fingerprint density at radius 3 is 2.74 bits per heavy atom. The molecule has 0 aliphatic carbocycles. The molecule has 0 unspecified atom stereocenters. The average molecular weight is 325 g/mol. The zero-order chi connectivity index (χ0) is 14.0. The van der Waals surface area contributed by atoms with Gasteiger partial charge in [0, 0.05) is 21.3 Å². The highest BCUT2D eigenvalue weighted by molar-refractivity contribution is 9.10. The Balaban J connectivity index is 2.65. The van der Waals surface area contributed by atoms with Gasteiger partial charge in [-0.2, -0.15) is 0 Å². The molecular weight excluding hydrogens is 311 g/mol. The zero-order valence-electron chi connectivity index (χ0n) is 10.7. The number of nitrogens with two attached hydrogens (primary N) is 1. The van der Waals surface area contributed by atoms with Crippen molar-refractivity contribution in [2.45, 2.75) is 20.3 Å². The molecule has 19 heavy (non-hydrogen) atoms. The van der Waals surface area contributed by atoms with E-state index in [-0.39, 0.29) is 5.82 Å². The predicted molar refractivity (Wildman–Crippen MR) is 77.1 cm³/mol. The lowest BCUT2D eigenvalue weighted by Crippen LogP contribution is -2.13. The summed E-state index contributed by atoms with van der Waals surface area (Å²) in [6.07, 6.45) is 0.753. The highest BCUT2D eigenvalue weighted by atomic mass is 79.9. The molecule has 0 fully saturated rings. The van der Waals surface area contributed by atoms with Crippen LogP contribution in [0.4, 0.5) is 10.2 Å². The molecule has 4 nitrogen and oxygen atoms in total. The highest BCUT2D eigenvalue weighted by Crippen LogP contribution is 2.28. The summed E-state index contributed by atoms with van der Waals surface area (Å²) >= 11 is 3.38. The number of benzene rings is 1. The third-order valence-corrected chi connectivity index (χ3v) is 3.58. The summed E-state index contributed by atoms with van der Waals surface area (Å²) in [6.45, 7) is 3.90. The first-order valence-corrected chi connectivity index (χ1v) is 6.65. The number of nitrogen functional groups attached to an aromatic ring is 1. The number of anilines is 1. The molecule has 0 saturated heterocycles. The summed E-state index contributed by atoms with van der Waals surface area (Å²) in [5, 5.41) is 0. The molecule has 0 atom stereocenters. The maximum atomic E-state index is 13.4. The van der Waals surface area contributed by atoms with Gasteiger partial charge in [-0.25, -0.2) is 20.2 Å². The first kappa shape index (κ1) is 13.9. The molecule has 1 aromatic carbocycles. The van der Waals surface area contributed by atoms with Gasteiger partial charge in [0.1, 0.15) is 11.6 Å². The largest absolute Gasteiger partial charge is 0.308 e. The van der Waals surface area contributed by atoms with Gasteiger partial charge in [0.25, 0.3) is 0 Å². The van der Waals surface area contributed by atoms with Crippen molar-refractivity contribution in [1.29, 1.82) is 0 Å². The van der Waals surface area contributed by atoms with Gasteiger partial charge in [0.05, 0.1) is 0 Å². The SMILES string of the molecule is CCc1nc(-c2cc(F)ccc2Br)nc(NN)c1C. The van der Waals surface area contributed by atoms with Crippen LogP contribution in [0.3, 0.4) is 0 Å². The number of aromatic nitrogens is 2. The maximum Gasteiger partial charge on any atom is 0.163 e. The molecular formula is C13H14BrFN4. The monoisotopic (exact) mass is 324 g/mol. The Hall–Kier alpha value is -1.53. The number of nitrogens with one attached hydrogen (secondary N) is 1. The molecule has 0 aliphatic heterocycles. The van der Waals surface area contributed by atoms with E-state index in [0.717, 1.165) is 22.2 Å². The van der Waals surface area contributed by atoms with Crippen molar-refractivity contribution in [2.24, 2.45) is 5.84 Å². The van der Waals surface area contributed by atoms with Crippen LogP contribution in [0.1, 0.15) is 18.2 Å². The molecule has 0 amide bonds. The maximum absolute atomic E-state index is 13.4. The minimum Gasteiger partial charge on any atom is -0.308 e. The van der Waals surface area contributed by atoms with Crippen LogP contribution in [0.15, 0.2) is 22.7 Å². The third kappa shape index (κ3) is 2.74. The Bertz CT molecular complexity index is 591. The van der Waals surface area contributed by atoms with Crippen molar-refractivity contribution in [1.82, 2.24) is 9.97 Å². The molecule has 1 heterocycles. The molecule has 3 N–H and O–H groups in total. The second-order valence-electron chi connectivity index (χ2n) is 4.09. The predicted octanol–water partition coefficient (Wildman–Crippen LogP) is 3.20. The second kappa shape index (κ2) is 5.63. The summed E-state index contributed by atoms with van der Waals surface area (Å²) < 4.78 is 14.1. The first-order chi connectivity index (χ1) is 9.06. The number of hydrazine groups is 1. The summed E-state index contributed by atoms with van der Waals surface area (Å²) in [6, 6.07) is 4.41. The lowest BCUT2D eigenvalue weighted by atomic mass is 10.1. The fourth-order valence-corrected chi connectivity index (χ4v) is 2.26. The number of hydrogen-bond acceptors (Lipinski definition) is 4. The van der Waals surface area contributed by atoms with Crippen LogP contribution in [0.2, 0.25) is 0 Å². The van der Waals surface area contributed by atoms with Gasteiger partial charge in [-0.1, -0.05) is 22.9 Å². The van der Waals surface area contributed by atoms with Crippen LogP contribution in [0.5, 0.6) is 0 Å². The minimum absolute atomic E-state index is 0.331. The van der Waals surface area contributed by atoms with E-state index in [1.54, 1.807) is 6.07 Å². The summed E-state index contributed by atoms with van der Waals surface area (Å²) in [7, 11) is 0. The van der Waals surface area contributed by atoms with Crippen molar-refractivity contribution in [3.8, 4) is 11.4 Å². The molecule has 0 aliphatic rings. The summed E-state index contributed by atoms with van der Waals surface area (Å²) in [5.41, 5.74) is 4.94. The Morgan fingerprint density at radius 2 is 2.11 bits per heavy atom. The van der Waals surface area contributed by atoms with E-state index in [0.29, 0.717) is 17.2 Å². The molecule has 2 aromatic rings. The summed E-state index contributed by atoms with van der Waals surface area (Å²) in [4.78, 5) is 8.80. The number of hydrogen-bond donors (Lipinski definition) is 2. The van der Waals surface area contributed by atoms with Crippen LogP contribution in [-0.2, 0) is 6.42 Å². The lowest BCUT2D eigenvalue weighted by Gasteiger charge is -2.11. The van der Waals surface area contributed by atoms with Crippen molar-refractivity contribution in [3.05, 3.63) is 39.7 Å². The molecule has 100 valence electrons. The van der Waals surface area contributed by atoms with Crippen LogP contribution in [-0.4, -0.2) is 9.97 Å². The molecule has 0 spiro atoms. The quantitative estimate of drug-likeness (QED) is 0.672. The average Bonchev–Trinajstić information content (AvgIpc) is 2.42. The fourth-order valence-electron chi connectivity index (χ4n) is 1.84. The van der Waals surface area contributed by atoms with Gasteiger partial charge in [-0.05, 0) is 31.5 Å². The van der Waals surface area contributed by atoms with Gasteiger partial charge in [0.15, 0.2) is 5.82 Å². The van der Waals surface area contributed by atoms with Gasteiger partial charge in [-0.15, -0.1) is 0 Å². The Morgan fingerprint density at radius 1 is 1.37 bits per heavy atom. The first-order valence-electron chi connectivity index (χ1n) is 5.86. The van der Waals surface area contributed by atoms with Crippen LogP contribution >= 0.6 is 15.9 Å². The van der Waals surface area contributed by atoms with Gasteiger partial charge in [-0.3, -0.25) is 0 Å². The van der Waals surface area contributed by atoms with Crippen molar-refractivity contribution >= 4 is 21.7 Å². The van der Waals surface area contributed by atoms with Crippen LogP contribution in [0, 0.1) is 12.7 Å². The number of nitrogens with zero attached hydrogens (tertiary/aromatic N) is 2. The lowest BCUT2D eigenvalue weighted by molar-refractivity contribution is 0.628. The number of halogens is 2. The van der Waals surface area contributed by atoms with E-state index < -0.39 is 0 Å². The minimum atomic E-state index is -0.331. The van der Waals surface area contributed by atoms with Crippen LogP contribution < -0.4 is 11.3 Å². The Labute approximate surface area is 119 Å². The summed E-state index contributed by atoms with van der Waals surface area (Å²) in [5.74, 6) is 6.13. The number of aryl methyl sites for hydroxylation is 1. The van der Waals surface area contributed by atoms with E-state index in [9.17, 15) is 4.39 Å². The third-order valence-electron chi connectivity index (χ3n) is 2.89. The van der Waals surface area contributed by atoms with Crippen molar-refractivity contribution < 1.29 is 4.39 Å². The van der Waals surface area contributed by atoms with Crippen molar-refractivity contribution in [2.75, 3.05) is 5.43 Å². The number of rotatable bonds is 3. The van der Waals surface area contributed by atoms with Gasteiger partial charge in [0.2, 0.25) is 0 Å². The molecule has 2 rings (SSSR count). The topological polar surface area (TPSA) is 63.8 Å². The van der Waals surface area contributed by atoms with Crippen molar-refractivity contribution in [3.63, 3.8) is 0 Å². The highest BCUT2D eigenvalue weighted by Gasteiger charge is 2.13. The normalized spacial score (nSPS) is 10.6. The van der Waals surface area contributed by atoms with E-state index in [1.807, 2.05) is 13.8 Å².